The van der Waals surface area contributed by atoms with Crippen molar-refractivity contribution in [2.75, 3.05) is 0 Å². The number of nitrogens with zero attached hydrogens (tertiary/aromatic N) is 2. The maximum absolute atomic E-state index is 11.4. The highest BCUT2D eigenvalue weighted by atomic mass is 16.4. The molecule has 0 bridgehead atoms. The third kappa shape index (κ3) is 2.60. The van der Waals surface area contributed by atoms with E-state index in [2.05, 4.69) is 23.3 Å². The summed E-state index contributed by atoms with van der Waals surface area (Å²) in [4.78, 5) is 11.4. The van der Waals surface area contributed by atoms with Crippen molar-refractivity contribution >= 4 is 5.97 Å². The van der Waals surface area contributed by atoms with Gasteiger partial charge >= 0.3 is 5.97 Å². The summed E-state index contributed by atoms with van der Waals surface area (Å²) in [5.41, 5.74) is 5.53. The molecule has 0 aliphatic heterocycles. The standard InChI is InChI=1S/C20H18N2O2/c23-20(24)18-13-19(22(21-18)17-8-2-1-3-9-17)16-11-10-14-6-4-5-7-15(14)12-16/h1-3,8-13H,4-7H2,(H,23,24). The van der Waals surface area contributed by atoms with Crippen molar-refractivity contribution in [3.63, 3.8) is 0 Å². The van der Waals surface area contributed by atoms with E-state index in [-0.39, 0.29) is 5.69 Å². The van der Waals surface area contributed by atoms with Crippen LogP contribution in [0.4, 0.5) is 0 Å². The van der Waals surface area contributed by atoms with E-state index < -0.39 is 5.97 Å². The van der Waals surface area contributed by atoms with E-state index in [1.54, 1.807) is 10.7 Å². The molecule has 120 valence electrons. The van der Waals surface area contributed by atoms with Gasteiger partial charge in [-0.05, 0) is 61.1 Å². The minimum Gasteiger partial charge on any atom is -0.476 e. The molecule has 0 spiro atoms. The number of carboxylic acid groups (broad SMARTS) is 1. The number of carbonyl (C=O) groups is 1. The van der Waals surface area contributed by atoms with Gasteiger partial charge < -0.3 is 5.11 Å². The molecule has 1 aliphatic rings. The Kier molecular flexibility index (Phi) is 3.65. The van der Waals surface area contributed by atoms with Gasteiger partial charge in [0.15, 0.2) is 5.69 Å². The van der Waals surface area contributed by atoms with Crippen LogP contribution in [0.2, 0.25) is 0 Å². The van der Waals surface area contributed by atoms with Crippen LogP contribution in [-0.2, 0) is 12.8 Å². The Labute approximate surface area is 140 Å². The number of hydrogen-bond acceptors (Lipinski definition) is 2. The molecule has 0 atom stereocenters. The Morgan fingerprint density at radius 1 is 0.958 bits per heavy atom. The molecule has 4 heteroatoms. The third-order valence-corrected chi connectivity index (χ3v) is 4.57. The second-order valence-corrected chi connectivity index (χ2v) is 6.16. The molecular formula is C20H18N2O2. The molecule has 2 aromatic carbocycles. The lowest BCUT2D eigenvalue weighted by atomic mass is 9.90. The first-order valence-corrected chi connectivity index (χ1v) is 8.23. The van der Waals surface area contributed by atoms with Crippen molar-refractivity contribution in [3.05, 3.63) is 71.4 Å². The second kappa shape index (κ2) is 5.96. The normalized spacial score (nSPS) is 13.5. The lowest BCUT2D eigenvalue weighted by Crippen LogP contribution is -2.04. The van der Waals surface area contributed by atoms with Gasteiger partial charge in [0.05, 0.1) is 11.4 Å². The molecule has 1 aliphatic carbocycles. The molecule has 0 amide bonds. The minimum atomic E-state index is -1.01. The molecule has 0 radical (unpaired) electrons. The minimum absolute atomic E-state index is 0.0616. The second-order valence-electron chi connectivity index (χ2n) is 6.16. The van der Waals surface area contributed by atoms with Gasteiger partial charge in [-0.3, -0.25) is 0 Å². The molecule has 1 aromatic heterocycles. The van der Waals surface area contributed by atoms with Crippen LogP contribution in [0.1, 0.15) is 34.5 Å². The molecule has 3 aromatic rings. The number of benzene rings is 2. The van der Waals surface area contributed by atoms with E-state index in [1.165, 1.54) is 24.0 Å². The summed E-state index contributed by atoms with van der Waals surface area (Å²) in [5.74, 6) is -1.01. The monoisotopic (exact) mass is 318 g/mol. The quantitative estimate of drug-likeness (QED) is 0.790. The van der Waals surface area contributed by atoms with Crippen LogP contribution in [0.25, 0.3) is 16.9 Å². The van der Waals surface area contributed by atoms with E-state index >= 15 is 0 Å². The predicted octanol–water partition coefficient (Wildman–Crippen LogP) is 4.12. The SMILES string of the molecule is O=C(O)c1cc(-c2ccc3c(c2)CCCC3)n(-c2ccccc2)n1. The summed E-state index contributed by atoms with van der Waals surface area (Å²) in [6.45, 7) is 0. The summed E-state index contributed by atoms with van der Waals surface area (Å²) in [7, 11) is 0. The topological polar surface area (TPSA) is 55.1 Å². The van der Waals surface area contributed by atoms with Crippen molar-refractivity contribution in [3.8, 4) is 16.9 Å². The van der Waals surface area contributed by atoms with Crippen LogP contribution in [0.5, 0.6) is 0 Å². The summed E-state index contributed by atoms with van der Waals surface area (Å²) >= 11 is 0. The molecule has 1 N–H and O–H groups in total. The number of para-hydroxylation sites is 1. The van der Waals surface area contributed by atoms with E-state index in [9.17, 15) is 9.90 Å². The Morgan fingerprint density at radius 3 is 2.46 bits per heavy atom. The van der Waals surface area contributed by atoms with Gasteiger partial charge in [-0.1, -0.05) is 30.3 Å². The van der Waals surface area contributed by atoms with Gasteiger partial charge in [0, 0.05) is 5.56 Å². The first kappa shape index (κ1) is 14.7. The first-order valence-electron chi connectivity index (χ1n) is 8.23. The lowest BCUT2D eigenvalue weighted by molar-refractivity contribution is 0.0690. The van der Waals surface area contributed by atoms with Gasteiger partial charge in [-0.2, -0.15) is 5.10 Å². The Bertz CT molecular complexity index is 897. The number of aromatic nitrogens is 2. The smallest absolute Gasteiger partial charge is 0.356 e. The molecule has 24 heavy (non-hydrogen) atoms. The molecule has 4 nitrogen and oxygen atoms in total. The Balaban J connectivity index is 1.86. The van der Waals surface area contributed by atoms with Crippen LogP contribution in [0.15, 0.2) is 54.6 Å². The number of hydrogen-bond donors (Lipinski definition) is 1. The molecule has 0 fully saturated rings. The first-order chi connectivity index (χ1) is 11.7. The van der Waals surface area contributed by atoms with Crippen molar-refractivity contribution in [1.29, 1.82) is 0 Å². The number of rotatable bonds is 3. The molecule has 0 unspecified atom stereocenters. The zero-order valence-corrected chi connectivity index (χ0v) is 13.3. The predicted molar refractivity (Wildman–Crippen MR) is 92.6 cm³/mol. The third-order valence-electron chi connectivity index (χ3n) is 4.57. The zero-order valence-electron chi connectivity index (χ0n) is 13.3. The van der Waals surface area contributed by atoms with Crippen molar-refractivity contribution in [2.24, 2.45) is 0 Å². The molecule has 0 saturated carbocycles. The largest absolute Gasteiger partial charge is 0.476 e. The van der Waals surface area contributed by atoms with E-state index in [1.807, 2.05) is 30.3 Å². The van der Waals surface area contributed by atoms with E-state index in [0.29, 0.717) is 0 Å². The molecule has 1 heterocycles. The van der Waals surface area contributed by atoms with Crippen molar-refractivity contribution in [2.45, 2.75) is 25.7 Å². The average Bonchev–Trinajstić information content (AvgIpc) is 3.08. The summed E-state index contributed by atoms with van der Waals surface area (Å²) in [6, 6.07) is 17.7. The maximum Gasteiger partial charge on any atom is 0.356 e. The fraction of sp³-hybridized carbons (Fsp3) is 0.200. The summed E-state index contributed by atoms with van der Waals surface area (Å²) < 4.78 is 1.72. The maximum atomic E-state index is 11.4. The van der Waals surface area contributed by atoms with E-state index in [4.69, 9.17) is 0 Å². The average molecular weight is 318 g/mol. The van der Waals surface area contributed by atoms with Crippen molar-refractivity contribution < 1.29 is 9.90 Å². The summed E-state index contributed by atoms with van der Waals surface area (Å²) in [5, 5.41) is 13.6. The van der Waals surface area contributed by atoms with Gasteiger partial charge in [-0.15, -0.1) is 0 Å². The van der Waals surface area contributed by atoms with Gasteiger partial charge in [0.25, 0.3) is 0 Å². The van der Waals surface area contributed by atoms with Crippen LogP contribution in [0.3, 0.4) is 0 Å². The van der Waals surface area contributed by atoms with Gasteiger partial charge in [0.1, 0.15) is 0 Å². The number of carboxylic acids is 1. The number of aryl methyl sites for hydroxylation is 2. The fourth-order valence-corrected chi connectivity index (χ4v) is 3.35. The molecule has 0 saturated heterocycles. The van der Waals surface area contributed by atoms with Gasteiger partial charge in [0.2, 0.25) is 0 Å². The van der Waals surface area contributed by atoms with E-state index in [0.717, 1.165) is 29.8 Å². The fourth-order valence-electron chi connectivity index (χ4n) is 3.35. The van der Waals surface area contributed by atoms with Crippen LogP contribution in [0, 0.1) is 0 Å². The highest BCUT2D eigenvalue weighted by molar-refractivity contribution is 5.87. The van der Waals surface area contributed by atoms with Crippen molar-refractivity contribution in [1.82, 2.24) is 9.78 Å². The molecule has 4 rings (SSSR count). The lowest BCUT2D eigenvalue weighted by Gasteiger charge is -2.17. The Morgan fingerprint density at radius 2 is 1.71 bits per heavy atom. The molecular weight excluding hydrogens is 300 g/mol. The number of aromatic carboxylic acids is 1. The van der Waals surface area contributed by atoms with Crippen LogP contribution >= 0.6 is 0 Å². The van der Waals surface area contributed by atoms with Gasteiger partial charge in [-0.25, -0.2) is 9.48 Å². The summed E-state index contributed by atoms with van der Waals surface area (Å²) in [6.07, 6.45) is 4.69. The van der Waals surface area contributed by atoms with Crippen LogP contribution < -0.4 is 0 Å². The number of fused-ring (bicyclic) bond motifs is 1. The zero-order chi connectivity index (χ0) is 16.5. The highest BCUT2D eigenvalue weighted by Crippen LogP contribution is 2.29. The highest BCUT2D eigenvalue weighted by Gasteiger charge is 2.17. The van der Waals surface area contributed by atoms with Crippen LogP contribution in [-0.4, -0.2) is 20.9 Å². The Hall–Kier alpha value is -2.88.